The van der Waals surface area contributed by atoms with E-state index in [1.54, 1.807) is 4.57 Å². The van der Waals surface area contributed by atoms with Crippen molar-refractivity contribution in [2.24, 2.45) is 5.92 Å². The molecule has 4 aliphatic rings. The van der Waals surface area contributed by atoms with Crippen molar-refractivity contribution in [2.45, 2.75) is 101 Å². The highest BCUT2D eigenvalue weighted by molar-refractivity contribution is 5.88. The third-order valence-corrected chi connectivity index (χ3v) is 9.04. The molecule has 32 heavy (non-hydrogen) atoms. The molecule has 2 atom stereocenters. The lowest BCUT2D eigenvalue weighted by Gasteiger charge is -2.61. The van der Waals surface area contributed by atoms with Gasteiger partial charge in [-0.25, -0.2) is 9.78 Å². The van der Waals surface area contributed by atoms with E-state index in [1.165, 1.54) is 64.2 Å². The molecule has 170 valence electrons. The number of benzene rings is 1. The third kappa shape index (κ3) is 3.13. The first kappa shape index (κ1) is 20.4. The number of carboxylic acids is 1. The average molecular weight is 436 g/mol. The fraction of sp³-hybridized carbons (Fsp3) is 0.654. The Balaban J connectivity index is 1.40. The van der Waals surface area contributed by atoms with Gasteiger partial charge >= 0.3 is 5.97 Å². The Morgan fingerprint density at radius 3 is 2.34 bits per heavy atom. The van der Waals surface area contributed by atoms with E-state index in [2.05, 4.69) is 9.88 Å². The van der Waals surface area contributed by atoms with Gasteiger partial charge in [-0.15, -0.1) is 0 Å². The van der Waals surface area contributed by atoms with Crippen molar-refractivity contribution in [3.8, 4) is 0 Å². The third-order valence-electron chi connectivity index (χ3n) is 9.04. The molecule has 0 amide bonds. The summed E-state index contributed by atoms with van der Waals surface area (Å²) >= 11 is 0. The minimum Gasteiger partial charge on any atom is -0.476 e. The lowest BCUT2D eigenvalue weighted by molar-refractivity contribution is -0.106. The molecule has 4 bridgehead atoms. The van der Waals surface area contributed by atoms with Crippen LogP contribution in [0.5, 0.6) is 0 Å². The maximum Gasteiger partial charge on any atom is 0.360 e. The van der Waals surface area contributed by atoms with Gasteiger partial charge in [0.15, 0.2) is 0 Å². The van der Waals surface area contributed by atoms with Gasteiger partial charge in [0.1, 0.15) is 0 Å². The summed E-state index contributed by atoms with van der Waals surface area (Å²) in [6.07, 6.45) is 15.1. The van der Waals surface area contributed by atoms with Crippen LogP contribution in [-0.4, -0.2) is 43.1 Å². The molecule has 3 heterocycles. The normalized spacial score (nSPS) is 35.0. The van der Waals surface area contributed by atoms with Gasteiger partial charge < -0.3 is 9.67 Å². The Kier molecular flexibility index (Phi) is 4.90. The number of para-hydroxylation sites is 2. The SMILES string of the molecule is O=C(O)c1nc2ccccc2n(C2CC3CCCC(C2)N3C23CCCC(CCC2)C3)c1=O. The minimum atomic E-state index is -1.23. The van der Waals surface area contributed by atoms with Crippen molar-refractivity contribution in [1.82, 2.24) is 14.5 Å². The van der Waals surface area contributed by atoms with Crippen LogP contribution in [0.3, 0.4) is 0 Å². The summed E-state index contributed by atoms with van der Waals surface area (Å²) < 4.78 is 1.79. The van der Waals surface area contributed by atoms with E-state index in [-0.39, 0.29) is 11.7 Å². The molecule has 6 heteroatoms. The van der Waals surface area contributed by atoms with Gasteiger partial charge in [0.2, 0.25) is 5.69 Å². The summed E-state index contributed by atoms with van der Waals surface area (Å²) in [6.45, 7) is 0. The predicted octanol–water partition coefficient (Wildman–Crippen LogP) is 4.77. The highest BCUT2D eigenvalue weighted by Crippen LogP contribution is 2.52. The Morgan fingerprint density at radius 2 is 1.66 bits per heavy atom. The summed E-state index contributed by atoms with van der Waals surface area (Å²) in [6, 6.07) is 8.54. The number of hydrogen-bond acceptors (Lipinski definition) is 4. The molecule has 6 nitrogen and oxygen atoms in total. The lowest BCUT2D eigenvalue weighted by atomic mass is 9.63. The van der Waals surface area contributed by atoms with E-state index < -0.39 is 11.5 Å². The molecule has 2 aromatic rings. The topological polar surface area (TPSA) is 75.4 Å². The van der Waals surface area contributed by atoms with Crippen molar-refractivity contribution in [3.05, 3.63) is 40.3 Å². The molecule has 1 N–H and O–H groups in total. The maximum absolute atomic E-state index is 13.3. The number of aromatic carboxylic acids is 1. The maximum atomic E-state index is 13.3. The molecule has 1 aromatic heterocycles. The smallest absolute Gasteiger partial charge is 0.360 e. The number of carbonyl (C=O) groups is 1. The summed E-state index contributed by atoms with van der Waals surface area (Å²) in [5.41, 5.74) is 0.948. The molecule has 1 aromatic carbocycles. The first-order valence-corrected chi connectivity index (χ1v) is 12.6. The highest BCUT2D eigenvalue weighted by Gasteiger charge is 2.52. The molecule has 2 aliphatic carbocycles. The molecule has 4 fully saturated rings. The quantitative estimate of drug-likeness (QED) is 0.752. The zero-order valence-electron chi connectivity index (χ0n) is 18.7. The van der Waals surface area contributed by atoms with Gasteiger partial charge in [0.25, 0.3) is 5.56 Å². The number of hydrogen-bond donors (Lipinski definition) is 1. The molecule has 0 spiro atoms. The Hall–Kier alpha value is -2.21. The standard InChI is InChI=1S/C26H33N3O3/c30-24-23(25(31)32)27-21-10-1-2-11-22(21)28(24)20-14-18-8-3-9-19(15-20)29(18)26-12-4-6-17(16-26)7-5-13-26/h1-2,10-11,17-20H,3-9,12-16H2,(H,31,32). The zero-order valence-corrected chi connectivity index (χ0v) is 18.7. The second-order valence-electron chi connectivity index (χ2n) is 10.8. The second-order valence-corrected chi connectivity index (χ2v) is 10.8. The largest absolute Gasteiger partial charge is 0.476 e. The van der Waals surface area contributed by atoms with Crippen LogP contribution in [0.4, 0.5) is 0 Å². The van der Waals surface area contributed by atoms with Crippen LogP contribution in [0.1, 0.15) is 93.6 Å². The summed E-state index contributed by atoms with van der Waals surface area (Å²) in [5.74, 6) is -0.331. The number of fused-ring (bicyclic) bond motifs is 6. The number of carboxylic acid groups (broad SMARTS) is 1. The molecule has 2 saturated heterocycles. The molecule has 2 unspecified atom stereocenters. The van der Waals surface area contributed by atoms with Gasteiger partial charge in [-0.2, -0.15) is 0 Å². The van der Waals surface area contributed by atoms with E-state index in [0.29, 0.717) is 23.1 Å². The lowest BCUT2D eigenvalue weighted by Crippen LogP contribution is -2.65. The van der Waals surface area contributed by atoms with Crippen molar-refractivity contribution in [1.29, 1.82) is 0 Å². The number of piperidine rings is 2. The first-order chi connectivity index (χ1) is 15.6. The first-order valence-electron chi connectivity index (χ1n) is 12.6. The molecule has 2 saturated carbocycles. The van der Waals surface area contributed by atoms with E-state index >= 15 is 0 Å². The number of nitrogens with zero attached hydrogens (tertiary/aromatic N) is 3. The number of aromatic nitrogens is 2. The summed E-state index contributed by atoms with van der Waals surface area (Å²) in [4.78, 5) is 32.2. The zero-order chi connectivity index (χ0) is 21.9. The van der Waals surface area contributed by atoms with Gasteiger partial charge in [-0.05, 0) is 63.0 Å². The van der Waals surface area contributed by atoms with Gasteiger partial charge in [-0.3, -0.25) is 9.69 Å². The van der Waals surface area contributed by atoms with Crippen LogP contribution in [-0.2, 0) is 0 Å². The Morgan fingerprint density at radius 1 is 0.969 bits per heavy atom. The van der Waals surface area contributed by atoms with Crippen LogP contribution in [0.15, 0.2) is 29.1 Å². The van der Waals surface area contributed by atoms with E-state index in [0.717, 1.165) is 24.3 Å². The Labute approximate surface area is 188 Å². The fourth-order valence-corrected chi connectivity index (χ4v) is 8.01. The fourth-order valence-electron chi connectivity index (χ4n) is 8.01. The molecule has 2 aliphatic heterocycles. The van der Waals surface area contributed by atoms with E-state index in [1.807, 2.05) is 24.3 Å². The van der Waals surface area contributed by atoms with E-state index in [9.17, 15) is 14.7 Å². The number of rotatable bonds is 3. The van der Waals surface area contributed by atoms with Crippen LogP contribution in [0, 0.1) is 5.92 Å². The average Bonchev–Trinajstić information content (AvgIpc) is 2.78. The molecular weight excluding hydrogens is 402 g/mol. The monoisotopic (exact) mass is 435 g/mol. The van der Waals surface area contributed by atoms with Crippen LogP contribution in [0.2, 0.25) is 0 Å². The van der Waals surface area contributed by atoms with Crippen LogP contribution in [0.25, 0.3) is 11.0 Å². The van der Waals surface area contributed by atoms with Crippen LogP contribution >= 0.6 is 0 Å². The minimum absolute atomic E-state index is 0.0411. The highest BCUT2D eigenvalue weighted by atomic mass is 16.4. The van der Waals surface area contributed by atoms with Crippen molar-refractivity contribution < 1.29 is 9.90 Å². The molecule has 0 radical (unpaired) electrons. The predicted molar refractivity (Wildman–Crippen MR) is 123 cm³/mol. The van der Waals surface area contributed by atoms with Crippen molar-refractivity contribution in [3.63, 3.8) is 0 Å². The van der Waals surface area contributed by atoms with Crippen molar-refractivity contribution in [2.75, 3.05) is 0 Å². The summed E-state index contributed by atoms with van der Waals surface area (Å²) in [7, 11) is 0. The van der Waals surface area contributed by atoms with E-state index in [4.69, 9.17) is 0 Å². The summed E-state index contributed by atoms with van der Waals surface area (Å²) in [5, 5.41) is 9.63. The van der Waals surface area contributed by atoms with Gasteiger partial charge in [0.05, 0.1) is 11.0 Å². The van der Waals surface area contributed by atoms with Crippen molar-refractivity contribution >= 4 is 17.0 Å². The molecule has 6 rings (SSSR count). The van der Waals surface area contributed by atoms with Gasteiger partial charge in [-0.1, -0.05) is 44.2 Å². The Bertz CT molecular complexity index is 1090. The molecular formula is C26H33N3O3. The van der Waals surface area contributed by atoms with Crippen LogP contribution < -0.4 is 5.56 Å². The van der Waals surface area contributed by atoms with Gasteiger partial charge in [0, 0.05) is 23.7 Å². The second kappa shape index (κ2) is 7.68.